The molecule has 0 radical (unpaired) electrons. The molecule has 4 heteroatoms. The largest absolute Gasteiger partial charge is 0.492 e. The Hall–Kier alpha value is -2.36. The molecule has 3 rings (SSSR count). The Morgan fingerprint density at radius 1 is 1.40 bits per heavy atom. The Kier molecular flexibility index (Phi) is 3.37. The molecule has 2 heterocycles. The number of carbonyl (C=O) groups excluding carboxylic acids is 1. The summed E-state index contributed by atoms with van der Waals surface area (Å²) < 4.78 is 5.39. The summed E-state index contributed by atoms with van der Waals surface area (Å²) in [7, 11) is 0. The molecule has 4 nitrogen and oxygen atoms in total. The summed E-state index contributed by atoms with van der Waals surface area (Å²) in [6, 6.07) is 9.54. The molecule has 0 aliphatic carbocycles. The van der Waals surface area contributed by atoms with Gasteiger partial charge >= 0.3 is 0 Å². The number of nitrogens with one attached hydrogen (secondary N) is 1. The van der Waals surface area contributed by atoms with Crippen LogP contribution in [0.3, 0.4) is 0 Å². The average Bonchev–Trinajstić information content (AvgIpc) is 2.91. The van der Waals surface area contributed by atoms with Gasteiger partial charge in [-0.05, 0) is 24.6 Å². The van der Waals surface area contributed by atoms with Crippen LogP contribution in [-0.4, -0.2) is 23.4 Å². The van der Waals surface area contributed by atoms with Gasteiger partial charge in [0.2, 0.25) is 0 Å². The number of anilines is 1. The fraction of sp³-hybridized carbons (Fsp3) is 0.250. The molecule has 1 aliphatic rings. The first-order chi connectivity index (χ1) is 9.78. The summed E-state index contributed by atoms with van der Waals surface area (Å²) in [4.78, 5) is 16.6. The summed E-state index contributed by atoms with van der Waals surface area (Å²) in [5, 5.41) is 3.27. The molecule has 1 aromatic heterocycles. The summed E-state index contributed by atoms with van der Waals surface area (Å²) in [5.41, 5.74) is 2.81. The summed E-state index contributed by atoms with van der Waals surface area (Å²) in [6.45, 7) is 2.47. The van der Waals surface area contributed by atoms with Crippen LogP contribution in [-0.2, 0) is 6.42 Å². The lowest BCUT2D eigenvalue weighted by Crippen LogP contribution is -2.27. The van der Waals surface area contributed by atoms with Crippen LogP contribution < -0.4 is 10.1 Å². The third-order valence-corrected chi connectivity index (χ3v) is 3.40. The van der Waals surface area contributed by atoms with Crippen LogP contribution in [0, 0.1) is 0 Å². The van der Waals surface area contributed by atoms with E-state index in [0.29, 0.717) is 24.3 Å². The van der Waals surface area contributed by atoms with Gasteiger partial charge in [-0.2, -0.15) is 0 Å². The van der Waals surface area contributed by atoms with Crippen LogP contribution in [0.15, 0.2) is 42.7 Å². The molecule has 102 valence electrons. The number of hydrogen-bond acceptors (Lipinski definition) is 4. The molecule has 1 aliphatic heterocycles. The van der Waals surface area contributed by atoms with Gasteiger partial charge < -0.3 is 10.1 Å². The van der Waals surface area contributed by atoms with Crippen LogP contribution in [0.5, 0.6) is 5.75 Å². The van der Waals surface area contributed by atoms with Crippen LogP contribution in [0.25, 0.3) is 0 Å². The highest BCUT2D eigenvalue weighted by Gasteiger charge is 2.27. The quantitative estimate of drug-likeness (QED) is 0.866. The molecule has 0 spiro atoms. The molecule has 2 aromatic rings. The Balaban J connectivity index is 1.79. The second-order valence-corrected chi connectivity index (χ2v) is 4.76. The van der Waals surface area contributed by atoms with E-state index in [1.54, 1.807) is 18.5 Å². The number of pyridine rings is 1. The van der Waals surface area contributed by atoms with Gasteiger partial charge in [0.25, 0.3) is 0 Å². The van der Waals surface area contributed by atoms with E-state index in [9.17, 15) is 4.79 Å². The van der Waals surface area contributed by atoms with Crippen LogP contribution in [0.4, 0.5) is 5.69 Å². The third kappa shape index (κ3) is 2.37. The lowest BCUT2D eigenvalue weighted by Gasteiger charge is -2.11. The fourth-order valence-electron chi connectivity index (χ4n) is 2.46. The molecule has 0 amide bonds. The van der Waals surface area contributed by atoms with E-state index >= 15 is 0 Å². The second kappa shape index (κ2) is 5.33. The minimum absolute atomic E-state index is 0.0512. The summed E-state index contributed by atoms with van der Waals surface area (Å²) in [5.74, 6) is 0.684. The molecule has 20 heavy (non-hydrogen) atoms. The van der Waals surface area contributed by atoms with Crippen LogP contribution in [0.2, 0.25) is 0 Å². The number of carbonyl (C=O) groups is 1. The highest BCUT2D eigenvalue weighted by atomic mass is 16.5. The van der Waals surface area contributed by atoms with Crippen molar-refractivity contribution < 1.29 is 9.53 Å². The first-order valence-electron chi connectivity index (χ1n) is 6.74. The van der Waals surface area contributed by atoms with Crippen molar-refractivity contribution >= 4 is 11.5 Å². The molecule has 1 atom stereocenters. The lowest BCUT2D eigenvalue weighted by atomic mass is 10.0. The van der Waals surface area contributed by atoms with Crippen molar-refractivity contribution in [2.24, 2.45) is 0 Å². The zero-order valence-electron chi connectivity index (χ0n) is 11.3. The van der Waals surface area contributed by atoms with Gasteiger partial charge in [0.15, 0.2) is 5.78 Å². The van der Waals surface area contributed by atoms with Gasteiger partial charge in [0, 0.05) is 23.9 Å². The SMILES string of the molecule is CCOc1cncc(C(=O)C2Cc3ccccc3N2)c1. The number of para-hydroxylation sites is 1. The maximum atomic E-state index is 12.5. The number of ether oxygens (including phenoxy) is 1. The van der Waals surface area contributed by atoms with Gasteiger partial charge in [-0.1, -0.05) is 18.2 Å². The first kappa shape index (κ1) is 12.7. The van der Waals surface area contributed by atoms with E-state index in [4.69, 9.17) is 4.74 Å². The van der Waals surface area contributed by atoms with Crippen molar-refractivity contribution in [3.05, 3.63) is 53.9 Å². The van der Waals surface area contributed by atoms with Gasteiger partial charge in [0.05, 0.1) is 18.8 Å². The molecule has 1 N–H and O–H groups in total. The van der Waals surface area contributed by atoms with E-state index < -0.39 is 0 Å². The molecular formula is C16H16N2O2. The van der Waals surface area contributed by atoms with Crippen molar-refractivity contribution in [2.45, 2.75) is 19.4 Å². The minimum Gasteiger partial charge on any atom is -0.492 e. The molecule has 0 saturated heterocycles. The minimum atomic E-state index is -0.217. The Bertz CT molecular complexity index is 615. The smallest absolute Gasteiger partial charge is 0.187 e. The molecule has 1 unspecified atom stereocenters. The van der Waals surface area contributed by atoms with Gasteiger partial charge in [-0.15, -0.1) is 0 Å². The zero-order chi connectivity index (χ0) is 13.9. The van der Waals surface area contributed by atoms with Gasteiger partial charge in [-0.3, -0.25) is 9.78 Å². The Morgan fingerprint density at radius 2 is 2.25 bits per heavy atom. The lowest BCUT2D eigenvalue weighted by molar-refractivity contribution is 0.0971. The van der Waals surface area contributed by atoms with Crippen molar-refractivity contribution in [3.8, 4) is 5.75 Å². The Labute approximate surface area is 117 Å². The average molecular weight is 268 g/mol. The second-order valence-electron chi connectivity index (χ2n) is 4.76. The topological polar surface area (TPSA) is 51.2 Å². The van der Waals surface area contributed by atoms with Crippen molar-refractivity contribution in [1.29, 1.82) is 0 Å². The van der Waals surface area contributed by atoms with E-state index in [1.165, 1.54) is 5.56 Å². The first-order valence-corrected chi connectivity index (χ1v) is 6.74. The van der Waals surface area contributed by atoms with Crippen LogP contribution in [0.1, 0.15) is 22.8 Å². The molecule has 1 aromatic carbocycles. The van der Waals surface area contributed by atoms with Crippen molar-refractivity contribution in [2.75, 3.05) is 11.9 Å². The number of nitrogens with zero attached hydrogens (tertiary/aromatic N) is 1. The Morgan fingerprint density at radius 3 is 3.05 bits per heavy atom. The van der Waals surface area contributed by atoms with E-state index in [-0.39, 0.29) is 11.8 Å². The van der Waals surface area contributed by atoms with Gasteiger partial charge in [-0.25, -0.2) is 0 Å². The fourth-order valence-corrected chi connectivity index (χ4v) is 2.46. The highest BCUT2D eigenvalue weighted by molar-refractivity contribution is 6.02. The number of hydrogen-bond donors (Lipinski definition) is 1. The number of ketones is 1. The normalized spacial score (nSPS) is 16.4. The number of benzene rings is 1. The van der Waals surface area contributed by atoms with E-state index in [0.717, 1.165) is 5.69 Å². The van der Waals surface area contributed by atoms with E-state index in [1.807, 2.05) is 31.2 Å². The number of Topliss-reactive ketones (excluding diaryl/α,β-unsaturated/α-hetero) is 1. The van der Waals surface area contributed by atoms with E-state index in [2.05, 4.69) is 10.3 Å². The number of rotatable bonds is 4. The predicted molar refractivity (Wildman–Crippen MR) is 77.3 cm³/mol. The third-order valence-electron chi connectivity index (χ3n) is 3.40. The zero-order valence-corrected chi connectivity index (χ0v) is 11.3. The molecule has 0 fully saturated rings. The van der Waals surface area contributed by atoms with Crippen molar-refractivity contribution in [1.82, 2.24) is 4.98 Å². The highest BCUT2D eigenvalue weighted by Crippen LogP contribution is 2.27. The molecular weight excluding hydrogens is 252 g/mol. The molecule has 0 saturated carbocycles. The summed E-state index contributed by atoms with van der Waals surface area (Å²) in [6.07, 6.45) is 3.93. The maximum Gasteiger partial charge on any atom is 0.187 e. The van der Waals surface area contributed by atoms with Gasteiger partial charge in [0.1, 0.15) is 5.75 Å². The molecule has 0 bridgehead atoms. The predicted octanol–water partition coefficient (Wildman–Crippen LogP) is 2.70. The van der Waals surface area contributed by atoms with Crippen molar-refractivity contribution in [3.63, 3.8) is 0 Å². The monoisotopic (exact) mass is 268 g/mol. The summed E-state index contributed by atoms with van der Waals surface area (Å²) >= 11 is 0. The number of aromatic nitrogens is 1. The van der Waals surface area contributed by atoms with Crippen LogP contribution >= 0.6 is 0 Å². The maximum absolute atomic E-state index is 12.5. The number of fused-ring (bicyclic) bond motifs is 1. The standard InChI is InChI=1S/C16H16N2O2/c1-2-20-13-7-12(9-17-10-13)16(19)15-8-11-5-3-4-6-14(11)18-15/h3-7,9-10,15,18H,2,8H2,1H3.